The lowest BCUT2D eigenvalue weighted by Gasteiger charge is -1.96. The fraction of sp³-hybridized carbons (Fsp3) is 0.300. The van der Waals surface area contributed by atoms with Crippen LogP contribution in [0.15, 0.2) is 16.0 Å². The molecule has 0 aliphatic rings. The Bertz CT molecular complexity index is 445. The Balaban J connectivity index is 2.57. The quantitative estimate of drug-likeness (QED) is 0.825. The van der Waals surface area contributed by atoms with Crippen molar-refractivity contribution in [1.29, 1.82) is 0 Å². The second kappa shape index (κ2) is 3.46. The van der Waals surface area contributed by atoms with Crippen molar-refractivity contribution in [3.05, 3.63) is 22.6 Å². The van der Waals surface area contributed by atoms with Gasteiger partial charge < -0.3 is 10.3 Å². The van der Waals surface area contributed by atoms with Crippen molar-refractivity contribution in [1.82, 2.24) is 5.16 Å². The van der Waals surface area contributed by atoms with E-state index in [0.717, 1.165) is 22.6 Å². The second-order valence-electron chi connectivity index (χ2n) is 3.16. The van der Waals surface area contributed by atoms with Crippen molar-refractivity contribution >= 4 is 17.2 Å². The molecule has 0 bridgehead atoms. The smallest absolute Gasteiger partial charge is 0.182 e. The number of hydrogen-bond acceptors (Lipinski definition) is 4. The molecule has 0 spiro atoms. The normalized spacial score (nSPS) is 10.7. The summed E-state index contributed by atoms with van der Waals surface area (Å²) in [5, 5.41) is 5.84. The van der Waals surface area contributed by atoms with Gasteiger partial charge in [-0.1, -0.05) is 12.1 Å². The predicted molar refractivity (Wildman–Crippen MR) is 58.3 cm³/mol. The second-order valence-corrected chi connectivity index (χ2v) is 4.08. The molecule has 0 atom stereocenters. The van der Waals surface area contributed by atoms with Gasteiger partial charge >= 0.3 is 0 Å². The molecular weight excluding hydrogens is 196 g/mol. The van der Waals surface area contributed by atoms with E-state index in [-0.39, 0.29) is 0 Å². The van der Waals surface area contributed by atoms with Crippen LogP contribution in [0.2, 0.25) is 0 Å². The molecular formula is C10H12N2OS. The van der Waals surface area contributed by atoms with E-state index in [2.05, 4.69) is 25.1 Å². The van der Waals surface area contributed by atoms with Gasteiger partial charge in [0.25, 0.3) is 0 Å². The first kappa shape index (κ1) is 9.27. The van der Waals surface area contributed by atoms with E-state index in [4.69, 9.17) is 10.3 Å². The molecule has 14 heavy (non-hydrogen) atoms. The molecule has 0 unspecified atom stereocenters. The average molecular weight is 208 g/mol. The zero-order valence-electron chi connectivity index (χ0n) is 8.20. The van der Waals surface area contributed by atoms with Gasteiger partial charge in [0.05, 0.1) is 4.88 Å². The molecule has 0 fully saturated rings. The van der Waals surface area contributed by atoms with E-state index in [1.165, 1.54) is 5.56 Å². The van der Waals surface area contributed by atoms with Crippen LogP contribution in [-0.2, 0) is 6.42 Å². The summed E-state index contributed by atoms with van der Waals surface area (Å²) in [4.78, 5) is 1.13. The maximum absolute atomic E-state index is 5.71. The molecule has 0 aliphatic heterocycles. The van der Waals surface area contributed by atoms with Gasteiger partial charge in [-0.15, -0.1) is 11.3 Å². The molecule has 2 aromatic heterocycles. The molecule has 0 amide bonds. The van der Waals surface area contributed by atoms with Crippen LogP contribution >= 0.6 is 11.3 Å². The number of rotatable bonds is 2. The highest BCUT2D eigenvalue weighted by atomic mass is 32.1. The van der Waals surface area contributed by atoms with E-state index >= 15 is 0 Å². The monoisotopic (exact) mass is 208 g/mol. The minimum Gasteiger partial charge on any atom is -0.381 e. The lowest BCUT2D eigenvalue weighted by Crippen LogP contribution is -1.90. The molecule has 74 valence electrons. The molecule has 0 saturated heterocycles. The standard InChI is InChI=1S/C10H12N2OS/c1-3-7-8(13-12-10(7)11)9-6(2)4-5-14-9/h4-5H,3H2,1-2H3,(H2,11,12). The van der Waals surface area contributed by atoms with Crippen molar-refractivity contribution in [3.8, 4) is 10.6 Å². The van der Waals surface area contributed by atoms with Crippen molar-refractivity contribution in [2.45, 2.75) is 20.3 Å². The van der Waals surface area contributed by atoms with Gasteiger partial charge in [0.2, 0.25) is 0 Å². The molecule has 0 saturated carbocycles. The summed E-state index contributed by atoms with van der Waals surface area (Å²) >= 11 is 1.66. The zero-order chi connectivity index (χ0) is 10.1. The Morgan fingerprint density at radius 2 is 2.36 bits per heavy atom. The third-order valence-electron chi connectivity index (χ3n) is 2.24. The number of nitrogens with two attached hydrogens (primary N) is 1. The van der Waals surface area contributed by atoms with Crippen LogP contribution in [0.4, 0.5) is 5.82 Å². The summed E-state index contributed by atoms with van der Waals surface area (Å²) in [6.07, 6.45) is 0.849. The van der Waals surface area contributed by atoms with Crippen molar-refractivity contribution < 1.29 is 4.52 Å². The molecule has 0 aromatic carbocycles. The Kier molecular flexibility index (Phi) is 2.29. The van der Waals surface area contributed by atoms with Crippen LogP contribution in [0.5, 0.6) is 0 Å². The largest absolute Gasteiger partial charge is 0.381 e. The van der Waals surface area contributed by atoms with Crippen LogP contribution in [0.25, 0.3) is 10.6 Å². The van der Waals surface area contributed by atoms with Crippen molar-refractivity contribution in [2.24, 2.45) is 0 Å². The summed E-state index contributed by atoms with van der Waals surface area (Å²) in [6, 6.07) is 2.07. The minimum atomic E-state index is 0.510. The number of nitrogen functional groups attached to an aromatic ring is 1. The fourth-order valence-electron chi connectivity index (χ4n) is 1.45. The molecule has 0 radical (unpaired) electrons. The van der Waals surface area contributed by atoms with E-state index in [1.807, 2.05) is 5.38 Å². The molecule has 2 heterocycles. The summed E-state index contributed by atoms with van der Waals surface area (Å²) in [6.45, 7) is 4.11. The Morgan fingerprint density at radius 1 is 1.57 bits per heavy atom. The fourth-order valence-corrected chi connectivity index (χ4v) is 2.38. The number of aromatic nitrogens is 1. The first-order valence-corrected chi connectivity index (χ1v) is 5.40. The maximum Gasteiger partial charge on any atom is 0.182 e. The third-order valence-corrected chi connectivity index (χ3v) is 3.26. The lowest BCUT2D eigenvalue weighted by atomic mass is 10.1. The topological polar surface area (TPSA) is 52.0 Å². The summed E-state index contributed by atoms with van der Waals surface area (Å²) < 4.78 is 5.25. The average Bonchev–Trinajstić information content (AvgIpc) is 2.71. The van der Waals surface area contributed by atoms with E-state index in [9.17, 15) is 0 Å². The van der Waals surface area contributed by atoms with E-state index in [1.54, 1.807) is 11.3 Å². The van der Waals surface area contributed by atoms with Gasteiger partial charge in [-0.3, -0.25) is 0 Å². The van der Waals surface area contributed by atoms with E-state index < -0.39 is 0 Å². The minimum absolute atomic E-state index is 0.510. The first-order chi connectivity index (χ1) is 6.74. The molecule has 0 aliphatic carbocycles. The van der Waals surface area contributed by atoms with Crippen LogP contribution < -0.4 is 5.73 Å². The number of anilines is 1. The Hall–Kier alpha value is -1.29. The maximum atomic E-state index is 5.71. The van der Waals surface area contributed by atoms with Gasteiger partial charge in [0, 0.05) is 5.56 Å². The molecule has 3 nitrogen and oxygen atoms in total. The van der Waals surface area contributed by atoms with Crippen LogP contribution in [0.1, 0.15) is 18.1 Å². The number of hydrogen-bond donors (Lipinski definition) is 1. The van der Waals surface area contributed by atoms with Gasteiger partial charge in [0.15, 0.2) is 11.6 Å². The Morgan fingerprint density at radius 3 is 2.93 bits per heavy atom. The predicted octanol–water partition coefficient (Wildman–Crippen LogP) is 2.86. The first-order valence-electron chi connectivity index (χ1n) is 4.52. The van der Waals surface area contributed by atoms with Gasteiger partial charge in [0.1, 0.15) is 0 Å². The number of nitrogens with zero attached hydrogens (tertiary/aromatic N) is 1. The van der Waals surface area contributed by atoms with Crippen molar-refractivity contribution in [2.75, 3.05) is 5.73 Å². The molecule has 2 aromatic rings. The summed E-state index contributed by atoms with van der Waals surface area (Å²) in [5.74, 6) is 1.34. The summed E-state index contributed by atoms with van der Waals surface area (Å²) in [5.41, 5.74) is 7.93. The molecule has 2 rings (SSSR count). The van der Waals surface area contributed by atoms with Crippen LogP contribution in [0.3, 0.4) is 0 Å². The van der Waals surface area contributed by atoms with Gasteiger partial charge in [-0.2, -0.15) is 0 Å². The molecule has 4 heteroatoms. The van der Waals surface area contributed by atoms with Gasteiger partial charge in [-0.25, -0.2) is 0 Å². The number of aryl methyl sites for hydroxylation is 1. The third kappa shape index (κ3) is 1.32. The van der Waals surface area contributed by atoms with E-state index in [0.29, 0.717) is 5.82 Å². The summed E-state index contributed by atoms with van der Waals surface area (Å²) in [7, 11) is 0. The van der Waals surface area contributed by atoms with Crippen LogP contribution in [-0.4, -0.2) is 5.16 Å². The van der Waals surface area contributed by atoms with Crippen LogP contribution in [0, 0.1) is 6.92 Å². The SMILES string of the molecule is CCc1c(N)noc1-c1sccc1C. The highest BCUT2D eigenvalue weighted by Gasteiger charge is 2.16. The lowest BCUT2D eigenvalue weighted by molar-refractivity contribution is 0.436. The molecule has 2 N–H and O–H groups in total. The highest BCUT2D eigenvalue weighted by Crippen LogP contribution is 2.34. The van der Waals surface area contributed by atoms with Gasteiger partial charge in [-0.05, 0) is 30.4 Å². The van der Waals surface area contributed by atoms with Crippen molar-refractivity contribution in [3.63, 3.8) is 0 Å². The zero-order valence-corrected chi connectivity index (χ0v) is 9.02. The number of thiophene rings is 1. The highest BCUT2D eigenvalue weighted by molar-refractivity contribution is 7.13. The Labute approximate surface area is 86.5 Å².